The van der Waals surface area contributed by atoms with Gasteiger partial charge in [-0.05, 0) is 39.8 Å². The molecule has 0 aromatic carbocycles. The predicted octanol–water partition coefficient (Wildman–Crippen LogP) is 1.07. The van der Waals surface area contributed by atoms with E-state index in [4.69, 9.17) is 0 Å². The van der Waals surface area contributed by atoms with E-state index in [0.717, 1.165) is 0 Å². The number of aromatic nitrogens is 1. The molecule has 0 saturated heterocycles. The van der Waals surface area contributed by atoms with Crippen LogP contribution in [0.3, 0.4) is 0 Å². The fourth-order valence-electron chi connectivity index (χ4n) is 2.40. The Morgan fingerprint density at radius 1 is 1.22 bits per heavy atom. The van der Waals surface area contributed by atoms with Crippen LogP contribution in [0, 0.1) is 0 Å². The number of anilines is 1. The zero-order chi connectivity index (χ0) is 17.8. The lowest BCUT2D eigenvalue weighted by Crippen LogP contribution is -2.42. The van der Waals surface area contributed by atoms with Crippen LogP contribution in [0.4, 0.5) is 5.82 Å². The van der Waals surface area contributed by atoms with Gasteiger partial charge in [0.25, 0.3) is 0 Å². The van der Waals surface area contributed by atoms with E-state index in [-0.39, 0.29) is 29.4 Å². The van der Waals surface area contributed by atoms with E-state index in [1.54, 1.807) is 25.1 Å². The van der Waals surface area contributed by atoms with Crippen molar-refractivity contribution in [3.8, 4) is 0 Å². The molecule has 1 heterocycles. The summed E-state index contributed by atoms with van der Waals surface area (Å²) in [6, 6.07) is 2.84. The molecule has 7 nitrogen and oxygen atoms in total. The molecule has 1 aromatic rings. The van der Waals surface area contributed by atoms with Crippen LogP contribution in [0.2, 0.25) is 0 Å². The Hall–Kier alpha value is -1.67. The summed E-state index contributed by atoms with van der Waals surface area (Å²) in [4.78, 5) is 17.4. The third-order valence-corrected chi connectivity index (χ3v) is 5.60. The van der Waals surface area contributed by atoms with Gasteiger partial charge in [0.1, 0.15) is 10.7 Å². The van der Waals surface area contributed by atoms with Gasteiger partial charge in [0, 0.05) is 32.4 Å². The Labute approximate surface area is 138 Å². The second-order valence-electron chi connectivity index (χ2n) is 5.90. The Bertz CT molecular complexity index is 619. The lowest BCUT2D eigenvalue weighted by atomic mass is 10.3. The minimum atomic E-state index is -3.60. The minimum absolute atomic E-state index is 0.142. The molecule has 0 unspecified atom stereocenters. The Kier molecular flexibility index (Phi) is 6.52. The molecule has 0 bridgehead atoms. The number of carbonyl (C=O) groups excluding carboxylic acids is 1. The summed E-state index contributed by atoms with van der Waals surface area (Å²) in [5.74, 6) is 0.394. The minimum Gasteiger partial charge on any atom is -0.358 e. The smallest absolute Gasteiger partial charge is 0.245 e. The van der Waals surface area contributed by atoms with Gasteiger partial charge in [-0.25, -0.2) is 13.4 Å². The molecule has 1 N–H and O–H groups in total. The number of pyridine rings is 1. The van der Waals surface area contributed by atoms with Crippen LogP contribution in [-0.4, -0.2) is 56.3 Å². The monoisotopic (exact) mass is 342 g/mol. The lowest BCUT2D eigenvalue weighted by molar-refractivity contribution is -0.119. The van der Waals surface area contributed by atoms with E-state index in [9.17, 15) is 13.2 Å². The first-order valence-electron chi connectivity index (χ1n) is 7.52. The largest absolute Gasteiger partial charge is 0.358 e. The molecule has 0 spiro atoms. The summed E-state index contributed by atoms with van der Waals surface area (Å²) in [6.45, 7) is 7.53. The van der Waals surface area contributed by atoms with Gasteiger partial charge in [0.05, 0.1) is 6.54 Å². The molecule has 1 rings (SSSR count). The Balaban J connectivity index is 3.05. The second kappa shape index (κ2) is 7.74. The van der Waals surface area contributed by atoms with Crippen molar-refractivity contribution in [3.63, 3.8) is 0 Å². The maximum Gasteiger partial charge on any atom is 0.245 e. The first-order chi connectivity index (χ1) is 10.6. The van der Waals surface area contributed by atoms with Crippen molar-refractivity contribution in [1.82, 2.24) is 14.6 Å². The molecular weight excluding hydrogens is 316 g/mol. The number of hydrogen-bond donors (Lipinski definition) is 1. The van der Waals surface area contributed by atoms with Crippen molar-refractivity contribution in [2.75, 3.05) is 25.5 Å². The lowest BCUT2D eigenvalue weighted by Gasteiger charge is -2.29. The number of nitrogens with one attached hydrogen (secondary N) is 1. The van der Waals surface area contributed by atoms with Crippen molar-refractivity contribution in [3.05, 3.63) is 18.3 Å². The molecule has 0 fully saturated rings. The molecule has 1 amide bonds. The van der Waals surface area contributed by atoms with Gasteiger partial charge < -0.3 is 10.2 Å². The SMILES string of the molecule is CNC(=O)CN(C)c1ccc(S(=O)(=O)N(C(C)C)C(C)C)cn1. The standard InChI is InChI=1S/C15H26N4O3S/c1-11(2)19(12(3)4)23(21,22)13-7-8-14(17-9-13)18(6)10-15(20)16-5/h7-9,11-12H,10H2,1-6H3,(H,16,20). The van der Waals surface area contributed by atoms with Gasteiger partial charge in [-0.2, -0.15) is 4.31 Å². The molecular formula is C15H26N4O3S. The van der Waals surface area contributed by atoms with E-state index in [2.05, 4.69) is 10.3 Å². The van der Waals surface area contributed by atoms with Gasteiger partial charge in [-0.15, -0.1) is 0 Å². The molecule has 1 aromatic heterocycles. The highest BCUT2D eigenvalue weighted by atomic mass is 32.2. The molecule has 0 aliphatic carbocycles. The van der Waals surface area contributed by atoms with Gasteiger partial charge in [-0.3, -0.25) is 4.79 Å². The molecule has 130 valence electrons. The van der Waals surface area contributed by atoms with Crippen molar-refractivity contribution < 1.29 is 13.2 Å². The molecule has 0 aliphatic heterocycles. The van der Waals surface area contributed by atoms with E-state index < -0.39 is 10.0 Å². The third-order valence-electron chi connectivity index (χ3n) is 3.36. The Morgan fingerprint density at radius 2 is 1.78 bits per heavy atom. The van der Waals surface area contributed by atoms with Crippen molar-refractivity contribution in [2.24, 2.45) is 0 Å². The number of nitrogens with zero attached hydrogens (tertiary/aromatic N) is 3. The van der Waals surface area contributed by atoms with Crippen LogP contribution in [0.25, 0.3) is 0 Å². The zero-order valence-electron chi connectivity index (χ0n) is 14.6. The molecule has 8 heteroatoms. The van der Waals surface area contributed by atoms with Gasteiger partial charge >= 0.3 is 0 Å². The van der Waals surface area contributed by atoms with Gasteiger partial charge in [-0.1, -0.05) is 0 Å². The van der Waals surface area contributed by atoms with Crippen molar-refractivity contribution >= 4 is 21.7 Å². The highest BCUT2D eigenvalue weighted by molar-refractivity contribution is 7.89. The third kappa shape index (κ3) is 4.65. The number of carbonyl (C=O) groups is 1. The van der Waals surface area contributed by atoms with Crippen LogP contribution in [0.1, 0.15) is 27.7 Å². The number of amides is 1. The molecule has 0 aliphatic rings. The van der Waals surface area contributed by atoms with Crippen molar-refractivity contribution in [2.45, 2.75) is 44.7 Å². The number of likely N-dealkylation sites (N-methyl/N-ethyl adjacent to an activating group) is 2. The summed E-state index contributed by atoms with van der Waals surface area (Å²) in [6.07, 6.45) is 1.34. The summed E-state index contributed by atoms with van der Waals surface area (Å²) in [7, 11) is -0.313. The second-order valence-corrected chi connectivity index (χ2v) is 7.75. The summed E-state index contributed by atoms with van der Waals surface area (Å²) in [5.41, 5.74) is 0. The summed E-state index contributed by atoms with van der Waals surface area (Å²) >= 11 is 0. The predicted molar refractivity (Wildman–Crippen MR) is 90.9 cm³/mol. The number of sulfonamides is 1. The highest BCUT2D eigenvalue weighted by Crippen LogP contribution is 2.21. The zero-order valence-corrected chi connectivity index (χ0v) is 15.4. The van der Waals surface area contributed by atoms with E-state index in [1.807, 2.05) is 27.7 Å². The first-order valence-corrected chi connectivity index (χ1v) is 8.96. The van der Waals surface area contributed by atoms with Gasteiger partial charge in [0.15, 0.2) is 0 Å². The molecule has 23 heavy (non-hydrogen) atoms. The van der Waals surface area contributed by atoms with Crippen LogP contribution in [0.15, 0.2) is 23.2 Å². The summed E-state index contributed by atoms with van der Waals surface area (Å²) < 4.78 is 26.9. The topological polar surface area (TPSA) is 82.6 Å². The average Bonchev–Trinajstić information content (AvgIpc) is 2.45. The molecule has 0 saturated carbocycles. The maximum atomic E-state index is 12.7. The number of hydrogen-bond acceptors (Lipinski definition) is 5. The van der Waals surface area contributed by atoms with Crippen LogP contribution in [0.5, 0.6) is 0 Å². The molecule has 0 atom stereocenters. The highest BCUT2D eigenvalue weighted by Gasteiger charge is 2.29. The number of rotatable bonds is 7. The quantitative estimate of drug-likeness (QED) is 0.801. The van der Waals surface area contributed by atoms with E-state index in [0.29, 0.717) is 5.82 Å². The summed E-state index contributed by atoms with van der Waals surface area (Å²) in [5, 5.41) is 2.53. The van der Waals surface area contributed by atoms with E-state index >= 15 is 0 Å². The fourth-order valence-corrected chi connectivity index (χ4v) is 4.18. The van der Waals surface area contributed by atoms with Crippen LogP contribution >= 0.6 is 0 Å². The normalized spacial score (nSPS) is 12.0. The van der Waals surface area contributed by atoms with Gasteiger partial charge in [0.2, 0.25) is 15.9 Å². The van der Waals surface area contributed by atoms with E-state index in [1.165, 1.54) is 16.6 Å². The van der Waals surface area contributed by atoms with Crippen molar-refractivity contribution in [1.29, 1.82) is 0 Å². The Morgan fingerprint density at radius 3 is 2.17 bits per heavy atom. The first kappa shape index (κ1) is 19.4. The molecule has 0 radical (unpaired) electrons. The van der Waals surface area contributed by atoms with Crippen LogP contribution < -0.4 is 10.2 Å². The fraction of sp³-hybridized carbons (Fsp3) is 0.600. The average molecular weight is 342 g/mol. The maximum absolute atomic E-state index is 12.7. The van der Waals surface area contributed by atoms with Crippen LogP contribution in [-0.2, 0) is 14.8 Å².